The van der Waals surface area contributed by atoms with Crippen LogP contribution >= 0.6 is 0 Å². The number of rotatable bonds is 2. The molecule has 0 saturated carbocycles. The first-order valence-corrected chi connectivity index (χ1v) is 5.89. The molecule has 2 rings (SSSR count). The Labute approximate surface area is 105 Å². The van der Waals surface area contributed by atoms with Gasteiger partial charge in [-0.2, -0.15) is 0 Å². The van der Waals surface area contributed by atoms with Crippen LogP contribution in [0.25, 0.3) is 0 Å². The molecule has 0 bridgehead atoms. The van der Waals surface area contributed by atoms with Gasteiger partial charge in [-0.15, -0.1) is 0 Å². The second kappa shape index (κ2) is 5.77. The summed E-state index contributed by atoms with van der Waals surface area (Å²) < 4.78 is 18.6. The minimum atomic E-state index is -0.536. The van der Waals surface area contributed by atoms with Crippen molar-refractivity contribution in [2.45, 2.75) is 18.9 Å². The predicted molar refractivity (Wildman–Crippen MR) is 64.8 cm³/mol. The number of urea groups is 1. The molecule has 6 heteroatoms. The number of carbonyl (C=O) groups is 1. The van der Waals surface area contributed by atoms with Crippen LogP contribution in [0.3, 0.4) is 0 Å². The number of methoxy groups -OCH3 is 1. The number of carbonyl (C=O) groups excluding carboxylic acids is 1. The Hall–Kier alpha value is -1.69. The number of pyridine rings is 1. The highest BCUT2D eigenvalue weighted by Crippen LogP contribution is 2.16. The quantitative estimate of drug-likeness (QED) is 0.875. The topological polar surface area (TPSA) is 54.5 Å². The fourth-order valence-electron chi connectivity index (χ4n) is 1.99. The van der Waals surface area contributed by atoms with Gasteiger partial charge in [0, 0.05) is 26.4 Å². The average Bonchev–Trinajstić information content (AvgIpc) is 2.41. The van der Waals surface area contributed by atoms with Crippen LogP contribution in [0.4, 0.5) is 14.9 Å². The molecule has 18 heavy (non-hydrogen) atoms. The van der Waals surface area contributed by atoms with Crippen LogP contribution in [-0.4, -0.2) is 42.2 Å². The smallest absolute Gasteiger partial charge is 0.322 e. The number of halogens is 1. The molecule has 1 atom stereocenters. The van der Waals surface area contributed by atoms with E-state index in [1.54, 1.807) is 12.0 Å². The van der Waals surface area contributed by atoms with Crippen LogP contribution < -0.4 is 5.32 Å². The number of hydrogen-bond acceptors (Lipinski definition) is 3. The van der Waals surface area contributed by atoms with E-state index in [1.807, 2.05) is 0 Å². The Balaban J connectivity index is 1.97. The Morgan fingerprint density at radius 1 is 1.67 bits per heavy atom. The predicted octanol–water partition coefficient (Wildman–Crippen LogP) is 1.86. The zero-order valence-corrected chi connectivity index (χ0v) is 10.2. The van der Waals surface area contributed by atoms with Gasteiger partial charge in [-0.25, -0.2) is 9.18 Å². The summed E-state index contributed by atoms with van der Waals surface area (Å²) >= 11 is 0. The Bertz CT molecular complexity index is 428. The van der Waals surface area contributed by atoms with Crippen molar-refractivity contribution in [3.05, 3.63) is 24.3 Å². The molecule has 1 aromatic rings. The van der Waals surface area contributed by atoms with Gasteiger partial charge in [0.1, 0.15) is 0 Å². The van der Waals surface area contributed by atoms with Gasteiger partial charge in [-0.1, -0.05) is 0 Å². The second-order valence-electron chi connectivity index (χ2n) is 4.23. The third-order valence-corrected chi connectivity index (χ3v) is 3.01. The lowest BCUT2D eigenvalue weighted by molar-refractivity contribution is 0.0458. The molecule has 5 nitrogen and oxygen atoms in total. The molecule has 2 amide bonds. The molecule has 1 N–H and O–H groups in total. The van der Waals surface area contributed by atoms with E-state index < -0.39 is 5.82 Å². The lowest BCUT2D eigenvalue weighted by atomic mass is 10.1. The number of hydrogen-bond donors (Lipinski definition) is 1. The van der Waals surface area contributed by atoms with Gasteiger partial charge in [-0.3, -0.25) is 4.98 Å². The van der Waals surface area contributed by atoms with Crippen LogP contribution in [0.15, 0.2) is 18.5 Å². The lowest BCUT2D eigenvalue weighted by Crippen LogP contribution is -2.45. The van der Waals surface area contributed by atoms with E-state index >= 15 is 0 Å². The van der Waals surface area contributed by atoms with Crippen molar-refractivity contribution in [1.29, 1.82) is 0 Å². The van der Waals surface area contributed by atoms with Crippen molar-refractivity contribution >= 4 is 11.7 Å². The number of anilines is 1. The molecule has 0 aromatic carbocycles. The summed E-state index contributed by atoms with van der Waals surface area (Å²) in [5.41, 5.74) is 0.148. The van der Waals surface area contributed by atoms with E-state index in [9.17, 15) is 9.18 Å². The van der Waals surface area contributed by atoms with Crippen molar-refractivity contribution in [3.8, 4) is 0 Å². The number of likely N-dealkylation sites (tertiary alicyclic amines) is 1. The lowest BCUT2D eigenvalue weighted by Gasteiger charge is -2.31. The summed E-state index contributed by atoms with van der Waals surface area (Å²) in [4.78, 5) is 17.2. The first kappa shape index (κ1) is 12.8. The molecule has 1 aliphatic rings. The molecule has 1 fully saturated rings. The first-order valence-electron chi connectivity index (χ1n) is 5.89. The molecular weight excluding hydrogens is 237 g/mol. The molecule has 0 radical (unpaired) electrons. The Morgan fingerprint density at radius 2 is 2.50 bits per heavy atom. The van der Waals surface area contributed by atoms with Gasteiger partial charge in [0.2, 0.25) is 0 Å². The molecule has 98 valence electrons. The molecule has 0 spiro atoms. The summed E-state index contributed by atoms with van der Waals surface area (Å²) in [5, 5.41) is 2.54. The number of nitrogens with zero attached hydrogens (tertiary/aromatic N) is 2. The van der Waals surface area contributed by atoms with Crippen LogP contribution in [0.5, 0.6) is 0 Å². The highest BCUT2D eigenvalue weighted by Gasteiger charge is 2.23. The van der Waals surface area contributed by atoms with Crippen molar-refractivity contribution in [3.63, 3.8) is 0 Å². The summed E-state index contributed by atoms with van der Waals surface area (Å²) in [6.07, 6.45) is 4.41. The molecule has 0 unspecified atom stereocenters. The number of amides is 2. The standard InChI is InChI=1S/C12H16FN3O2/c1-18-9-3-2-6-16(8-9)12(17)15-11-4-5-14-7-10(11)13/h4-5,7,9H,2-3,6,8H2,1H3,(H,14,15,17)/t9-/m1/s1. The van der Waals surface area contributed by atoms with Gasteiger partial charge < -0.3 is 15.0 Å². The van der Waals surface area contributed by atoms with Crippen molar-refractivity contribution in [2.24, 2.45) is 0 Å². The minimum Gasteiger partial charge on any atom is -0.380 e. The average molecular weight is 253 g/mol. The fraction of sp³-hybridized carbons (Fsp3) is 0.500. The normalized spacial score (nSPS) is 19.7. The number of piperidine rings is 1. The third-order valence-electron chi connectivity index (χ3n) is 3.01. The van der Waals surface area contributed by atoms with E-state index in [0.29, 0.717) is 13.1 Å². The van der Waals surface area contributed by atoms with E-state index in [4.69, 9.17) is 4.74 Å². The number of aromatic nitrogens is 1. The summed E-state index contributed by atoms with van der Waals surface area (Å²) in [6.45, 7) is 1.20. The number of nitrogens with one attached hydrogen (secondary N) is 1. The molecule has 1 saturated heterocycles. The van der Waals surface area contributed by atoms with Gasteiger partial charge in [0.05, 0.1) is 18.0 Å². The van der Waals surface area contributed by atoms with Gasteiger partial charge in [-0.05, 0) is 18.9 Å². The maximum atomic E-state index is 13.3. The minimum absolute atomic E-state index is 0.0618. The summed E-state index contributed by atoms with van der Waals surface area (Å²) in [6, 6.07) is 1.13. The zero-order chi connectivity index (χ0) is 13.0. The first-order chi connectivity index (χ1) is 8.70. The molecule has 0 aliphatic carbocycles. The second-order valence-corrected chi connectivity index (χ2v) is 4.23. The molecular formula is C12H16FN3O2. The van der Waals surface area contributed by atoms with Crippen LogP contribution in [0, 0.1) is 5.82 Å². The number of ether oxygens (including phenoxy) is 1. The maximum absolute atomic E-state index is 13.3. The van der Waals surface area contributed by atoms with Gasteiger partial charge in [0.25, 0.3) is 0 Å². The largest absolute Gasteiger partial charge is 0.380 e. The van der Waals surface area contributed by atoms with Crippen molar-refractivity contribution < 1.29 is 13.9 Å². The summed E-state index contributed by atoms with van der Waals surface area (Å²) in [7, 11) is 1.63. The van der Waals surface area contributed by atoms with E-state index in [1.165, 1.54) is 12.3 Å². The third kappa shape index (κ3) is 2.95. The maximum Gasteiger partial charge on any atom is 0.322 e. The van der Waals surface area contributed by atoms with Gasteiger partial charge in [0.15, 0.2) is 5.82 Å². The van der Waals surface area contributed by atoms with Crippen LogP contribution in [-0.2, 0) is 4.74 Å². The SMILES string of the molecule is CO[C@@H]1CCCN(C(=O)Nc2ccncc2F)C1. The molecule has 2 heterocycles. The highest BCUT2D eigenvalue weighted by atomic mass is 19.1. The van der Waals surface area contributed by atoms with Crippen molar-refractivity contribution in [2.75, 3.05) is 25.5 Å². The fourth-order valence-corrected chi connectivity index (χ4v) is 1.99. The monoisotopic (exact) mass is 253 g/mol. The van der Waals surface area contributed by atoms with Crippen molar-refractivity contribution in [1.82, 2.24) is 9.88 Å². The Kier molecular flexibility index (Phi) is 4.09. The van der Waals surface area contributed by atoms with E-state index in [0.717, 1.165) is 19.0 Å². The Morgan fingerprint density at radius 3 is 3.22 bits per heavy atom. The van der Waals surface area contributed by atoms with Crippen LogP contribution in [0.1, 0.15) is 12.8 Å². The molecule has 1 aliphatic heterocycles. The molecule has 1 aromatic heterocycles. The summed E-state index contributed by atoms with van der Waals surface area (Å²) in [5.74, 6) is -0.536. The van der Waals surface area contributed by atoms with Crippen LogP contribution in [0.2, 0.25) is 0 Å². The highest BCUT2D eigenvalue weighted by molar-refractivity contribution is 5.89. The van der Waals surface area contributed by atoms with E-state index in [2.05, 4.69) is 10.3 Å². The van der Waals surface area contributed by atoms with E-state index in [-0.39, 0.29) is 17.8 Å². The zero-order valence-electron chi connectivity index (χ0n) is 10.2. The van der Waals surface area contributed by atoms with Gasteiger partial charge >= 0.3 is 6.03 Å².